The summed E-state index contributed by atoms with van der Waals surface area (Å²) in [6, 6.07) is 16.1. The van der Waals surface area contributed by atoms with Gasteiger partial charge in [0.05, 0.1) is 30.2 Å². The van der Waals surface area contributed by atoms with Gasteiger partial charge in [0.15, 0.2) is 0 Å². The summed E-state index contributed by atoms with van der Waals surface area (Å²) in [6.45, 7) is 2.83. The molecule has 34 heavy (non-hydrogen) atoms. The van der Waals surface area contributed by atoms with Gasteiger partial charge in [0.25, 0.3) is 0 Å². The zero-order valence-electron chi connectivity index (χ0n) is 18.5. The van der Waals surface area contributed by atoms with E-state index in [1.165, 1.54) is 0 Å². The Bertz CT molecular complexity index is 1400. The molecule has 2 aromatic carbocycles. The molecule has 2 aliphatic heterocycles. The van der Waals surface area contributed by atoms with Gasteiger partial charge in [-0.25, -0.2) is 9.97 Å². The van der Waals surface area contributed by atoms with Crippen LogP contribution in [0.5, 0.6) is 11.5 Å². The van der Waals surface area contributed by atoms with E-state index < -0.39 is 0 Å². The molecule has 0 saturated carbocycles. The molecule has 0 unspecified atom stereocenters. The topological polar surface area (TPSA) is 105 Å². The summed E-state index contributed by atoms with van der Waals surface area (Å²) >= 11 is 0. The number of aromatic amines is 1. The number of ether oxygens (including phenoxy) is 3. The molecule has 0 bridgehead atoms. The number of H-pyrrole nitrogens is 1. The Morgan fingerprint density at radius 3 is 2.76 bits per heavy atom. The van der Waals surface area contributed by atoms with Crippen molar-refractivity contribution in [1.82, 2.24) is 15.0 Å². The van der Waals surface area contributed by atoms with E-state index in [2.05, 4.69) is 38.5 Å². The Hall–Kier alpha value is -4.09. The fourth-order valence-electron chi connectivity index (χ4n) is 4.47. The van der Waals surface area contributed by atoms with Crippen LogP contribution < -0.4 is 14.8 Å². The molecule has 2 aliphatic rings. The lowest BCUT2D eigenvalue weighted by Crippen LogP contribution is -2.26. The van der Waals surface area contributed by atoms with Crippen LogP contribution in [0.4, 0.5) is 5.69 Å². The fraction of sp³-hybridized carbons (Fsp3) is 0.269. The van der Waals surface area contributed by atoms with Crippen LogP contribution in [0.1, 0.15) is 18.4 Å². The average molecular weight is 454 g/mol. The Kier molecular flexibility index (Phi) is 5.24. The predicted molar refractivity (Wildman–Crippen MR) is 128 cm³/mol. The zero-order chi connectivity index (χ0) is 22.9. The molecule has 4 heterocycles. The van der Waals surface area contributed by atoms with Crippen LogP contribution in [0.3, 0.4) is 0 Å². The van der Waals surface area contributed by atoms with Crippen LogP contribution in [0.25, 0.3) is 33.5 Å². The molecule has 0 aliphatic carbocycles. The quantitative estimate of drug-likeness (QED) is 0.468. The number of benzene rings is 2. The van der Waals surface area contributed by atoms with Crippen LogP contribution in [-0.2, 0) is 4.74 Å². The second-order valence-corrected chi connectivity index (χ2v) is 8.41. The monoisotopic (exact) mass is 453 g/mol. The van der Waals surface area contributed by atoms with Gasteiger partial charge < -0.3 is 24.5 Å². The molecular formula is C26H23N5O3. The molecule has 6 rings (SSSR count). The molecule has 4 aromatic rings. The number of aromatic nitrogens is 3. The lowest BCUT2D eigenvalue weighted by Gasteiger charge is -2.23. The molecule has 0 atom stereocenters. The standard InChI is InChI=1S/C26H23N5O3/c27-14-18-11-17(2-3-23(18)34-19-5-8-32-9-6-19)25-20-13-21(31-26(20)30-15-29-25)16-1-4-24-22(12-16)28-7-10-33-24/h1-4,11-13,15,19,28H,5-10H2,(H,29,30,31). The van der Waals surface area contributed by atoms with E-state index in [4.69, 9.17) is 14.2 Å². The zero-order valence-corrected chi connectivity index (χ0v) is 18.5. The Balaban J connectivity index is 1.35. The van der Waals surface area contributed by atoms with Gasteiger partial charge >= 0.3 is 0 Å². The Morgan fingerprint density at radius 1 is 1.00 bits per heavy atom. The molecule has 1 saturated heterocycles. The van der Waals surface area contributed by atoms with Gasteiger partial charge in [-0.3, -0.25) is 0 Å². The maximum Gasteiger partial charge on any atom is 0.142 e. The molecule has 8 nitrogen and oxygen atoms in total. The van der Waals surface area contributed by atoms with Crippen LogP contribution in [0.15, 0.2) is 48.8 Å². The molecule has 170 valence electrons. The van der Waals surface area contributed by atoms with Gasteiger partial charge in [-0.15, -0.1) is 0 Å². The highest BCUT2D eigenvalue weighted by atomic mass is 16.5. The molecule has 0 spiro atoms. The highest BCUT2D eigenvalue weighted by molar-refractivity contribution is 5.94. The van der Waals surface area contributed by atoms with Crippen molar-refractivity contribution in [3.8, 4) is 40.1 Å². The number of nitrogens with one attached hydrogen (secondary N) is 2. The number of nitrogens with zero attached hydrogens (tertiary/aromatic N) is 3. The third-order valence-corrected chi connectivity index (χ3v) is 6.23. The van der Waals surface area contributed by atoms with E-state index in [1.807, 2.05) is 30.3 Å². The molecular weight excluding hydrogens is 430 g/mol. The number of nitriles is 1. The van der Waals surface area contributed by atoms with Crippen molar-refractivity contribution in [2.24, 2.45) is 0 Å². The van der Waals surface area contributed by atoms with E-state index >= 15 is 0 Å². The predicted octanol–water partition coefficient (Wildman–Crippen LogP) is 4.53. The van der Waals surface area contributed by atoms with Gasteiger partial charge in [-0.1, -0.05) is 0 Å². The van der Waals surface area contributed by atoms with Crippen molar-refractivity contribution in [2.45, 2.75) is 18.9 Å². The molecule has 8 heteroatoms. The van der Waals surface area contributed by atoms with Crippen molar-refractivity contribution in [3.05, 3.63) is 54.4 Å². The van der Waals surface area contributed by atoms with Crippen LogP contribution in [-0.4, -0.2) is 47.4 Å². The normalized spacial score (nSPS) is 15.7. The van der Waals surface area contributed by atoms with Crippen LogP contribution in [0, 0.1) is 11.3 Å². The van der Waals surface area contributed by atoms with Gasteiger partial charge in [0, 0.05) is 41.6 Å². The Labute approximate surface area is 196 Å². The molecule has 0 amide bonds. The van der Waals surface area contributed by atoms with E-state index in [0.717, 1.165) is 64.4 Å². The summed E-state index contributed by atoms with van der Waals surface area (Å²) in [4.78, 5) is 12.4. The SMILES string of the molecule is N#Cc1cc(-c2ncnc3[nH]c(-c4ccc5c(c4)NCCO5)cc23)ccc1OC1CCOCC1. The minimum Gasteiger partial charge on any atom is -0.490 e. The fourth-order valence-corrected chi connectivity index (χ4v) is 4.47. The van der Waals surface area contributed by atoms with Crippen molar-refractivity contribution in [2.75, 3.05) is 31.7 Å². The van der Waals surface area contributed by atoms with Gasteiger partial charge in [0.1, 0.15) is 42.3 Å². The average Bonchev–Trinajstić information content (AvgIpc) is 3.34. The third kappa shape index (κ3) is 3.80. The summed E-state index contributed by atoms with van der Waals surface area (Å²) in [7, 11) is 0. The van der Waals surface area contributed by atoms with E-state index in [1.54, 1.807) is 6.33 Å². The van der Waals surface area contributed by atoms with Gasteiger partial charge in [-0.2, -0.15) is 5.26 Å². The smallest absolute Gasteiger partial charge is 0.142 e. The summed E-state index contributed by atoms with van der Waals surface area (Å²) in [5.41, 5.74) is 5.78. The van der Waals surface area contributed by atoms with Crippen molar-refractivity contribution in [1.29, 1.82) is 5.26 Å². The van der Waals surface area contributed by atoms with Gasteiger partial charge in [-0.05, 0) is 42.5 Å². The number of fused-ring (bicyclic) bond motifs is 2. The number of hydrogen-bond acceptors (Lipinski definition) is 7. The molecule has 1 fully saturated rings. The molecule has 2 aromatic heterocycles. The minimum atomic E-state index is 0.0706. The van der Waals surface area contributed by atoms with E-state index in [0.29, 0.717) is 31.1 Å². The maximum absolute atomic E-state index is 9.77. The first-order valence-electron chi connectivity index (χ1n) is 11.4. The highest BCUT2D eigenvalue weighted by Crippen LogP contribution is 2.35. The number of hydrogen-bond donors (Lipinski definition) is 2. The van der Waals surface area contributed by atoms with Crippen LogP contribution in [0.2, 0.25) is 0 Å². The number of anilines is 1. The summed E-state index contributed by atoms with van der Waals surface area (Å²) in [5, 5.41) is 14.0. The lowest BCUT2D eigenvalue weighted by atomic mass is 10.0. The first-order valence-corrected chi connectivity index (χ1v) is 11.4. The van der Waals surface area contributed by atoms with Crippen molar-refractivity contribution in [3.63, 3.8) is 0 Å². The maximum atomic E-state index is 9.77. The third-order valence-electron chi connectivity index (χ3n) is 6.23. The summed E-state index contributed by atoms with van der Waals surface area (Å²) < 4.78 is 17.2. The van der Waals surface area contributed by atoms with Crippen molar-refractivity contribution < 1.29 is 14.2 Å². The summed E-state index contributed by atoms with van der Waals surface area (Å²) in [5.74, 6) is 1.46. The highest BCUT2D eigenvalue weighted by Gasteiger charge is 2.19. The number of rotatable bonds is 4. The van der Waals surface area contributed by atoms with E-state index in [-0.39, 0.29) is 6.10 Å². The second-order valence-electron chi connectivity index (χ2n) is 8.41. The lowest BCUT2D eigenvalue weighted by molar-refractivity contribution is 0.0254. The van der Waals surface area contributed by atoms with Gasteiger partial charge in [0.2, 0.25) is 0 Å². The first kappa shape index (κ1) is 20.5. The molecule has 2 N–H and O–H groups in total. The van der Waals surface area contributed by atoms with E-state index in [9.17, 15) is 5.26 Å². The first-order chi connectivity index (χ1) is 16.8. The summed E-state index contributed by atoms with van der Waals surface area (Å²) in [6.07, 6.45) is 3.27. The van der Waals surface area contributed by atoms with Crippen molar-refractivity contribution >= 4 is 16.7 Å². The minimum absolute atomic E-state index is 0.0706. The largest absolute Gasteiger partial charge is 0.490 e. The second kappa shape index (κ2) is 8.69. The molecule has 0 radical (unpaired) electrons. The Morgan fingerprint density at radius 2 is 1.88 bits per heavy atom. The van der Waals surface area contributed by atoms with Crippen LogP contribution >= 0.6 is 0 Å².